The number of rotatable bonds is 5. The number of nitrogens with zero attached hydrogens (tertiary/aromatic N) is 2. The van der Waals surface area contributed by atoms with E-state index < -0.39 is 5.60 Å². The molecule has 1 aliphatic carbocycles. The number of nitrogens with two attached hydrogens (primary N) is 1. The zero-order chi connectivity index (χ0) is 15.3. The molecule has 5 N–H and O–H groups in total. The Hall–Kier alpha value is -1.40. The molecule has 0 aromatic carbocycles. The van der Waals surface area contributed by atoms with Crippen LogP contribution >= 0.6 is 0 Å². The Morgan fingerprint density at radius 1 is 1.19 bits per heavy atom. The third-order valence-corrected chi connectivity index (χ3v) is 4.22. The van der Waals surface area contributed by atoms with Crippen molar-refractivity contribution in [3.63, 3.8) is 0 Å². The molecule has 6 nitrogen and oxygen atoms in total. The largest absolute Gasteiger partial charge is 0.388 e. The van der Waals surface area contributed by atoms with Gasteiger partial charge in [0.15, 0.2) is 0 Å². The summed E-state index contributed by atoms with van der Waals surface area (Å²) in [5, 5.41) is 14.0. The second-order valence-corrected chi connectivity index (χ2v) is 6.28. The maximum Gasteiger partial charge on any atom is 0.148 e. The van der Waals surface area contributed by atoms with Crippen LogP contribution in [0, 0.1) is 0 Å². The van der Waals surface area contributed by atoms with Gasteiger partial charge in [0.2, 0.25) is 0 Å². The molecule has 21 heavy (non-hydrogen) atoms. The predicted octanol–water partition coefficient (Wildman–Crippen LogP) is 2.38. The summed E-state index contributed by atoms with van der Waals surface area (Å²) in [7, 11) is 0. The first-order valence-corrected chi connectivity index (χ1v) is 7.83. The van der Waals surface area contributed by atoms with E-state index in [1.807, 2.05) is 0 Å². The molecule has 118 valence electrons. The predicted molar refractivity (Wildman–Crippen MR) is 85.1 cm³/mol. The van der Waals surface area contributed by atoms with Gasteiger partial charge in [0.1, 0.15) is 18.0 Å². The summed E-state index contributed by atoms with van der Waals surface area (Å²) in [6.07, 6.45) is 7.81. The van der Waals surface area contributed by atoms with Crippen LogP contribution in [0.4, 0.5) is 11.6 Å². The van der Waals surface area contributed by atoms with Crippen molar-refractivity contribution < 1.29 is 5.11 Å². The van der Waals surface area contributed by atoms with E-state index in [4.69, 9.17) is 5.84 Å². The van der Waals surface area contributed by atoms with Gasteiger partial charge in [-0.15, -0.1) is 0 Å². The Kier molecular flexibility index (Phi) is 5.36. The lowest BCUT2D eigenvalue weighted by Gasteiger charge is -2.28. The molecular formula is C15H27N5O. The van der Waals surface area contributed by atoms with Crippen LogP contribution in [0.25, 0.3) is 0 Å². The van der Waals surface area contributed by atoms with E-state index in [-0.39, 0.29) is 5.92 Å². The maximum absolute atomic E-state index is 10.7. The number of nitrogen functional groups attached to an aromatic ring is 1. The molecule has 0 atom stereocenters. The fourth-order valence-electron chi connectivity index (χ4n) is 3.01. The number of nitrogens with one attached hydrogen (secondary N) is 2. The normalized spacial score (nSPS) is 18.3. The van der Waals surface area contributed by atoms with Crippen molar-refractivity contribution in [2.45, 2.75) is 63.9 Å². The van der Waals surface area contributed by atoms with Gasteiger partial charge in [0.05, 0.1) is 5.60 Å². The van der Waals surface area contributed by atoms with Gasteiger partial charge in [-0.1, -0.05) is 39.5 Å². The van der Waals surface area contributed by atoms with Crippen LogP contribution in [0.1, 0.15) is 63.9 Å². The van der Waals surface area contributed by atoms with E-state index in [0.717, 1.165) is 37.1 Å². The van der Waals surface area contributed by atoms with Crippen molar-refractivity contribution in [3.05, 3.63) is 11.9 Å². The lowest BCUT2D eigenvalue weighted by atomic mass is 9.94. The monoisotopic (exact) mass is 293 g/mol. The van der Waals surface area contributed by atoms with Crippen molar-refractivity contribution in [2.24, 2.45) is 5.84 Å². The maximum atomic E-state index is 10.7. The fourth-order valence-corrected chi connectivity index (χ4v) is 3.01. The Morgan fingerprint density at radius 2 is 1.81 bits per heavy atom. The summed E-state index contributed by atoms with van der Waals surface area (Å²) in [5.41, 5.74) is 2.94. The molecule has 1 heterocycles. The molecule has 6 heteroatoms. The van der Waals surface area contributed by atoms with Crippen LogP contribution in [-0.2, 0) is 0 Å². The molecule has 0 bridgehead atoms. The number of hydrogen-bond donors (Lipinski definition) is 4. The summed E-state index contributed by atoms with van der Waals surface area (Å²) in [6, 6.07) is 0. The first-order valence-electron chi connectivity index (χ1n) is 7.83. The van der Waals surface area contributed by atoms with Gasteiger partial charge >= 0.3 is 0 Å². The van der Waals surface area contributed by atoms with Crippen molar-refractivity contribution in [3.8, 4) is 0 Å². The number of aliphatic hydroxyl groups is 1. The minimum atomic E-state index is -0.633. The first kappa shape index (κ1) is 16.0. The number of hydrogen-bond acceptors (Lipinski definition) is 6. The molecule has 0 spiro atoms. The lowest BCUT2D eigenvalue weighted by molar-refractivity contribution is 0.0380. The molecule has 1 aromatic heterocycles. The molecule has 0 unspecified atom stereocenters. The third kappa shape index (κ3) is 4.04. The van der Waals surface area contributed by atoms with Crippen molar-refractivity contribution in [1.29, 1.82) is 0 Å². The Morgan fingerprint density at radius 3 is 2.38 bits per heavy atom. The smallest absolute Gasteiger partial charge is 0.148 e. The topological polar surface area (TPSA) is 96.1 Å². The van der Waals surface area contributed by atoms with Crippen molar-refractivity contribution in [2.75, 3.05) is 17.3 Å². The Labute approximate surface area is 126 Å². The molecule has 2 rings (SSSR count). The summed E-state index contributed by atoms with van der Waals surface area (Å²) < 4.78 is 0. The minimum absolute atomic E-state index is 0.239. The quantitative estimate of drug-likeness (QED) is 0.378. The van der Waals surface area contributed by atoms with E-state index in [9.17, 15) is 5.11 Å². The van der Waals surface area contributed by atoms with Crippen LogP contribution in [0.2, 0.25) is 0 Å². The molecule has 1 saturated carbocycles. The van der Waals surface area contributed by atoms with E-state index in [2.05, 4.69) is 34.6 Å². The highest BCUT2D eigenvalue weighted by Crippen LogP contribution is 2.30. The van der Waals surface area contributed by atoms with Crippen LogP contribution in [0.15, 0.2) is 6.33 Å². The fraction of sp³-hybridized carbons (Fsp3) is 0.733. The zero-order valence-corrected chi connectivity index (χ0v) is 13.0. The molecule has 1 fully saturated rings. The van der Waals surface area contributed by atoms with Gasteiger partial charge in [-0.25, -0.2) is 15.8 Å². The van der Waals surface area contributed by atoms with Gasteiger partial charge in [0, 0.05) is 12.1 Å². The van der Waals surface area contributed by atoms with E-state index >= 15 is 0 Å². The highest BCUT2D eigenvalue weighted by Gasteiger charge is 2.28. The number of hydrazine groups is 1. The van der Waals surface area contributed by atoms with E-state index in [1.165, 1.54) is 19.2 Å². The molecule has 0 amide bonds. The van der Waals surface area contributed by atoms with Gasteiger partial charge in [-0.05, 0) is 18.8 Å². The SMILES string of the molecule is CC(C)c1c(NN)ncnc1NCC1(O)CCCCCC1. The number of aromatic nitrogens is 2. The highest BCUT2D eigenvalue weighted by atomic mass is 16.3. The van der Waals surface area contributed by atoms with E-state index in [0.29, 0.717) is 12.4 Å². The lowest BCUT2D eigenvalue weighted by Crippen LogP contribution is -2.36. The molecule has 0 radical (unpaired) electrons. The Bertz CT molecular complexity index is 455. The van der Waals surface area contributed by atoms with Gasteiger partial charge in [-0.3, -0.25) is 0 Å². The molecule has 1 aliphatic rings. The van der Waals surface area contributed by atoms with Crippen molar-refractivity contribution >= 4 is 11.6 Å². The average Bonchev–Trinajstić information content (AvgIpc) is 2.69. The first-order chi connectivity index (χ1) is 10.1. The standard InChI is InChI=1S/C15H27N5O/c1-11(2)12-13(18-10-19-14(12)20-16)17-9-15(21)7-5-3-4-6-8-15/h10-11,21H,3-9,16H2,1-2H3,(H2,17,18,19,20). The second-order valence-electron chi connectivity index (χ2n) is 6.28. The summed E-state index contributed by atoms with van der Waals surface area (Å²) in [5.74, 6) is 7.15. The van der Waals surface area contributed by atoms with E-state index in [1.54, 1.807) is 0 Å². The number of anilines is 2. The van der Waals surface area contributed by atoms with Gasteiger partial charge in [0.25, 0.3) is 0 Å². The summed E-state index contributed by atoms with van der Waals surface area (Å²) in [4.78, 5) is 8.48. The molecule has 0 saturated heterocycles. The van der Waals surface area contributed by atoms with Gasteiger partial charge in [-0.2, -0.15) is 0 Å². The summed E-state index contributed by atoms with van der Waals surface area (Å²) >= 11 is 0. The second kappa shape index (κ2) is 7.04. The highest BCUT2D eigenvalue weighted by molar-refractivity contribution is 5.58. The van der Waals surface area contributed by atoms with Gasteiger partial charge < -0.3 is 15.8 Å². The summed E-state index contributed by atoms with van der Waals surface area (Å²) in [6.45, 7) is 4.67. The third-order valence-electron chi connectivity index (χ3n) is 4.22. The molecule has 1 aromatic rings. The average molecular weight is 293 g/mol. The van der Waals surface area contributed by atoms with Crippen molar-refractivity contribution in [1.82, 2.24) is 9.97 Å². The minimum Gasteiger partial charge on any atom is -0.388 e. The zero-order valence-electron chi connectivity index (χ0n) is 13.0. The molecule has 0 aliphatic heterocycles. The van der Waals surface area contributed by atoms with Crippen LogP contribution in [0.5, 0.6) is 0 Å². The van der Waals surface area contributed by atoms with Crippen LogP contribution in [0.3, 0.4) is 0 Å². The van der Waals surface area contributed by atoms with Crippen LogP contribution < -0.4 is 16.6 Å². The molecular weight excluding hydrogens is 266 g/mol. The van der Waals surface area contributed by atoms with Crippen LogP contribution in [-0.4, -0.2) is 27.2 Å². The Balaban J connectivity index is 2.12.